The summed E-state index contributed by atoms with van der Waals surface area (Å²) in [6.07, 6.45) is 1.01. The highest BCUT2D eigenvalue weighted by atomic mass is 16.2. The Balaban J connectivity index is 1.85. The van der Waals surface area contributed by atoms with E-state index in [1.807, 2.05) is 41.0 Å². The fraction of sp³-hybridized carbons (Fsp3) is 0.579. The summed E-state index contributed by atoms with van der Waals surface area (Å²) < 4.78 is 0. The molecular formula is C19H28N2O2. The van der Waals surface area contributed by atoms with Crippen molar-refractivity contribution in [1.82, 2.24) is 9.80 Å². The van der Waals surface area contributed by atoms with E-state index < -0.39 is 0 Å². The van der Waals surface area contributed by atoms with Gasteiger partial charge in [-0.25, -0.2) is 0 Å². The van der Waals surface area contributed by atoms with Crippen LogP contribution >= 0.6 is 0 Å². The number of carbonyl (C=O) groups excluding carboxylic acids is 2. The summed E-state index contributed by atoms with van der Waals surface area (Å²) in [5.41, 5.74) is 2.25. The Kier molecular flexibility index (Phi) is 5.45. The fourth-order valence-electron chi connectivity index (χ4n) is 2.85. The number of hydrogen-bond donors (Lipinski definition) is 0. The van der Waals surface area contributed by atoms with Crippen LogP contribution in [0.3, 0.4) is 0 Å². The molecule has 0 bridgehead atoms. The average molecular weight is 316 g/mol. The van der Waals surface area contributed by atoms with E-state index in [-0.39, 0.29) is 17.2 Å². The van der Waals surface area contributed by atoms with E-state index in [9.17, 15) is 9.59 Å². The molecule has 1 saturated heterocycles. The van der Waals surface area contributed by atoms with E-state index >= 15 is 0 Å². The minimum atomic E-state index is 0.00880. The number of piperazine rings is 1. The number of hydrogen-bond acceptors (Lipinski definition) is 2. The van der Waals surface area contributed by atoms with Gasteiger partial charge in [-0.2, -0.15) is 0 Å². The van der Waals surface area contributed by atoms with E-state index in [2.05, 4.69) is 20.8 Å². The Morgan fingerprint density at radius 1 is 0.957 bits per heavy atom. The lowest BCUT2D eigenvalue weighted by molar-refractivity contribution is -0.140. The largest absolute Gasteiger partial charge is 0.339 e. The Hall–Kier alpha value is -1.84. The molecule has 0 spiro atoms. The number of aryl methyl sites for hydroxylation is 1. The average Bonchev–Trinajstić information content (AvgIpc) is 2.48. The maximum Gasteiger partial charge on any atom is 0.227 e. The SMILES string of the molecule is Cc1ccccc1CC(=O)N1CCN(C(=O)CC(C)(C)C)CC1. The second-order valence-corrected chi connectivity index (χ2v) is 7.60. The monoisotopic (exact) mass is 316 g/mol. The minimum absolute atomic E-state index is 0.00880. The van der Waals surface area contributed by atoms with Gasteiger partial charge in [-0.05, 0) is 23.5 Å². The van der Waals surface area contributed by atoms with Crippen molar-refractivity contribution in [3.8, 4) is 0 Å². The minimum Gasteiger partial charge on any atom is -0.339 e. The van der Waals surface area contributed by atoms with Crippen LogP contribution in [0.25, 0.3) is 0 Å². The van der Waals surface area contributed by atoms with Crippen LogP contribution in [0.2, 0.25) is 0 Å². The molecule has 0 N–H and O–H groups in total. The van der Waals surface area contributed by atoms with Gasteiger partial charge in [0.1, 0.15) is 0 Å². The molecule has 23 heavy (non-hydrogen) atoms. The van der Waals surface area contributed by atoms with E-state index in [1.165, 1.54) is 0 Å². The molecule has 0 atom stereocenters. The molecule has 0 saturated carbocycles. The zero-order valence-electron chi connectivity index (χ0n) is 14.8. The number of amides is 2. The Bertz CT molecular complexity index is 567. The molecule has 1 aliphatic rings. The van der Waals surface area contributed by atoms with Crippen LogP contribution in [0, 0.1) is 12.3 Å². The van der Waals surface area contributed by atoms with Crippen molar-refractivity contribution in [3.05, 3.63) is 35.4 Å². The first-order chi connectivity index (χ1) is 10.8. The first-order valence-electron chi connectivity index (χ1n) is 8.36. The number of benzene rings is 1. The zero-order chi connectivity index (χ0) is 17.0. The van der Waals surface area contributed by atoms with Gasteiger partial charge < -0.3 is 9.80 Å². The topological polar surface area (TPSA) is 40.6 Å². The predicted octanol–water partition coefficient (Wildman–Crippen LogP) is 2.64. The molecule has 0 aromatic heterocycles. The van der Waals surface area contributed by atoms with Gasteiger partial charge in [0.2, 0.25) is 11.8 Å². The summed E-state index contributed by atoms with van der Waals surface area (Å²) in [6, 6.07) is 8.00. The number of rotatable bonds is 3. The van der Waals surface area contributed by atoms with Crippen molar-refractivity contribution in [3.63, 3.8) is 0 Å². The van der Waals surface area contributed by atoms with Gasteiger partial charge in [0.25, 0.3) is 0 Å². The lowest BCUT2D eigenvalue weighted by atomic mass is 9.91. The highest BCUT2D eigenvalue weighted by molar-refractivity contribution is 5.80. The van der Waals surface area contributed by atoms with Crippen LogP contribution in [0.1, 0.15) is 38.3 Å². The summed E-state index contributed by atoms with van der Waals surface area (Å²) in [7, 11) is 0. The van der Waals surface area contributed by atoms with Gasteiger partial charge in [0, 0.05) is 32.6 Å². The van der Waals surface area contributed by atoms with Crippen molar-refractivity contribution in [1.29, 1.82) is 0 Å². The molecule has 1 heterocycles. The van der Waals surface area contributed by atoms with E-state index in [0.717, 1.165) is 11.1 Å². The highest BCUT2D eigenvalue weighted by Crippen LogP contribution is 2.20. The molecule has 126 valence electrons. The summed E-state index contributed by atoms with van der Waals surface area (Å²) in [6.45, 7) is 10.8. The van der Waals surface area contributed by atoms with Crippen molar-refractivity contribution in [2.45, 2.75) is 40.5 Å². The maximum absolute atomic E-state index is 12.4. The summed E-state index contributed by atoms with van der Waals surface area (Å²) >= 11 is 0. The standard InChI is InChI=1S/C19H28N2O2/c1-15-7-5-6-8-16(15)13-17(22)20-9-11-21(12-10-20)18(23)14-19(2,3)4/h5-8H,9-14H2,1-4H3. The molecule has 1 fully saturated rings. The molecule has 1 aliphatic heterocycles. The van der Waals surface area contributed by atoms with Gasteiger partial charge in [-0.3, -0.25) is 9.59 Å². The van der Waals surface area contributed by atoms with Gasteiger partial charge in [0.15, 0.2) is 0 Å². The van der Waals surface area contributed by atoms with Crippen molar-refractivity contribution in [2.24, 2.45) is 5.41 Å². The second kappa shape index (κ2) is 7.16. The van der Waals surface area contributed by atoms with E-state index in [0.29, 0.717) is 39.0 Å². The van der Waals surface area contributed by atoms with Crippen LogP contribution in [0.5, 0.6) is 0 Å². The molecule has 4 nitrogen and oxygen atoms in total. The third-order valence-corrected chi connectivity index (χ3v) is 4.27. The highest BCUT2D eigenvalue weighted by Gasteiger charge is 2.26. The molecular weight excluding hydrogens is 288 g/mol. The van der Waals surface area contributed by atoms with Crippen molar-refractivity contribution >= 4 is 11.8 Å². The molecule has 4 heteroatoms. The quantitative estimate of drug-likeness (QED) is 0.860. The van der Waals surface area contributed by atoms with Crippen LogP contribution in [0.15, 0.2) is 24.3 Å². The van der Waals surface area contributed by atoms with Crippen molar-refractivity contribution in [2.75, 3.05) is 26.2 Å². The van der Waals surface area contributed by atoms with Crippen molar-refractivity contribution < 1.29 is 9.59 Å². The Morgan fingerprint density at radius 3 is 2.00 bits per heavy atom. The molecule has 2 rings (SSSR count). The van der Waals surface area contributed by atoms with Gasteiger partial charge >= 0.3 is 0 Å². The molecule has 0 radical (unpaired) electrons. The smallest absolute Gasteiger partial charge is 0.227 e. The summed E-state index contributed by atoms with van der Waals surface area (Å²) in [5.74, 6) is 0.353. The number of nitrogens with zero attached hydrogens (tertiary/aromatic N) is 2. The van der Waals surface area contributed by atoms with Gasteiger partial charge in [-0.15, -0.1) is 0 Å². The maximum atomic E-state index is 12.4. The molecule has 0 aliphatic carbocycles. The van der Waals surface area contributed by atoms with E-state index in [4.69, 9.17) is 0 Å². The molecule has 0 unspecified atom stereocenters. The lowest BCUT2D eigenvalue weighted by Crippen LogP contribution is -2.51. The molecule has 2 amide bonds. The van der Waals surface area contributed by atoms with Crippen LogP contribution in [-0.2, 0) is 16.0 Å². The van der Waals surface area contributed by atoms with Gasteiger partial charge in [-0.1, -0.05) is 45.0 Å². The molecule has 1 aromatic carbocycles. The summed E-state index contributed by atoms with van der Waals surface area (Å²) in [5, 5.41) is 0. The Morgan fingerprint density at radius 2 is 1.48 bits per heavy atom. The summed E-state index contributed by atoms with van der Waals surface area (Å²) in [4.78, 5) is 28.5. The third-order valence-electron chi connectivity index (χ3n) is 4.27. The van der Waals surface area contributed by atoms with E-state index in [1.54, 1.807) is 0 Å². The zero-order valence-corrected chi connectivity index (χ0v) is 14.8. The van der Waals surface area contributed by atoms with Crippen LogP contribution in [-0.4, -0.2) is 47.8 Å². The molecule has 1 aromatic rings. The normalized spacial score (nSPS) is 15.7. The van der Waals surface area contributed by atoms with Gasteiger partial charge in [0.05, 0.1) is 6.42 Å². The Labute approximate surface area is 139 Å². The predicted molar refractivity (Wildman–Crippen MR) is 92.1 cm³/mol. The van der Waals surface area contributed by atoms with Crippen LogP contribution in [0.4, 0.5) is 0 Å². The second-order valence-electron chi connectivity index (χ2n) is 7.60. The van der Waals surface area contributed by atoms with Crippen LogP contribution < -0.4 is 0 Å². The number of carbonyl (C=O) groups is 2. The fourth-order valence-corrected chi connectivity index (χ4v) is 2.85. The first kappa shape index (κ1) is 17.5. The first-order valence-corrected chi connectivity index (χ1v) is 8.36. The third kappa shape index (κ3) is 5.08. The lowest BCUT2D eigenvalue weighted by Gasteiger charge is -2.36.